The van der Waals surface area contributed by atoms with Gasteiger partial charge in [-0.3, -0.25) is 9.36 Å². The molecule has 0 amide bonds. The average molecular weight is 263 g/mol. The lowest BCUT2D eigenvalue weighted by Gasteiger charge is -2.15. The fourth-order valence-corrected chi connectivity index (χ4v) is 2.68. The molecule has 0 atom stereocenters. The van der Waals surface area contributed by atoms with E-state index in [2.05, 4.69) is 22.0 Å². The van der Waals surface area contributed by atoms with Crippen LogP contribution in [0.15, 0.2) is 59.4 Å². The van der Waals surface area contributed by atoms with E-state index >= 15 is 0 Å². The monoisotopic (exact) mass is 263 g/mol. The Labute approximate surface area is 115 Å². The summed E-state index contributed by atoms with van der Waals surface area (Å²) in [5.74, 6) is 0.831. The lowest BCUT2D eigenvalue weighted by Crippen LogP contribution is -2.23. The Morgan fingerprint density at radius 3 is 2.55 bits per heavy atom. The van der Waals surface area contributed by atoms with Gasteiger partial charge >= 0.3 is 0 Å². The first-order chi connectivity index (χ1) is 9.83. The van der Waals surface area contributed by atoms with Crippen molar-refractivity contribution >= 4 is 16.6 Å². The molecular formula is C16H13N3O. The van der Waals surface area contributed by atoms with E-state index in [1.54, 1.807) is 4.57 Å². The van der Waals surface area contributed by atoms with Gasteiger partial charge in [-0.25, -0.2) is 4.98 Å². The van der Waals surface area contributed by atoms with E-state index in [0.29, 0.717) is 18.6 Å². The second-order valence-corrected chi connectivity index (χ2v) is 4.95. The summed E-state index contributed by atoms with van der Waals surface area (Å²) >= 11 is 0. The molecule has 0 N–H and O–H groups in total. The SMILES string of the molecule is O=c1c2ccccc2nc2n1CN(c1ccccc1)C2. The maximum atomic E-state index is 12.5. The zero-order chi connectivity index (χ0) is 13.5. The predicted molar refractivity (Wildman–Crippen MR) is 78.6 cm³/mol. The van der Waals surface area contributed by atoms with Gasteiger partial charge in [0.05, 0.1) is 24.1 Å². The fourth-order valence-electron chi connectivity index (χ4n) is 2.68. The van der Waals surface area contributed by atoms with Crippen LogP contribution in [-0.2, 0) is 13.2 Å². The molecule has 1 aliphatic heterocycles. The molecule has 0 spiro atoms. The van der Waals surface area contributed by atoms with Crippen molar-refractivity contribution in [2.45, 2.75) is 13.2 Å². The van der Waals surface area contributed by atoms with Crippen molar-refractivity contribution in [3.8, 4) is 0 Å². The zero-order valence-electron chi connectivity index (χ0n) is 10.9. The molecule has 20 heavy (non-hydrogen) atoms. The fraction of sp³-hybridized carbons (Fsp3) is 0.125. The standard InChI is InChI=1S/C16H13N3O/c20-16-13-8-4-5-9-14(13)17-15-10-18(11-19(15)16)12-6-2-1-3-7-12/h1-9H,10-11H2. The Morgan fingerprint density at radius 1 is 0.950 bits per heavy atom. The third-order valence-electron chi connectivity index (χ3n) is 3.71. The molecule has 0 unspecified atom stereocenters. The molecule has 3 aromatic rings. The average Bonchev–Trinajstić information content (AvgIpc) is 2.93. The molecule has 4 heteroatoms. The number of benzene rings is 2. The van der Waals surface area contributed by atoms with Crippen LogP contribution in [0.25, 0.3) is 10.9 Å². The smallest absolute Gasteiger partial charge is 0.262 e. The van der Waals surface area contributed by atoms with Crippen LogP contribution in [0.2, 0.25) is 0 Å². The number of hydrogen-bond acceptors (Lipinski definition) is 3. The van der Waals surface area contributed by atoms with Gasteiger partial charge in [-0.05, 0) is 24.3 Å². The van der Waals surface area contributed by atoms with Gasteiger partial charge in [-0.2, -0.15) is 0 Å². The van der Waals surface area contributed by atoms with E-state index in [1.165, 1.54) is 0 Å². The summed E-state index contributed by atoms with van der Waals surface area (Å²) in [5, 5.41) is 0.686. The van der Waals surface area contributed by atoms with Gasteiger partial charge in [-0.1, -0.05) is 30.3 Å². The summed E-state index contributed by atoms with van der Waals surface area (Å²) in [6.07, 6.45) is 0. The summed E-state index contributed by atoms with van der Waals surface area (Å²) < 4.78 is 1.76. The van der Waals surface area contributed by atoms with Crippen LogP contribution < -0.4 is 10.5 Å². The highest BCUT2D eigenvalue weighted by atomic mass is 16.1. The van der Waals surface area contributed by atoms with Crippen LogP contribution in [0.5, 0.6) is 0 Å². The minimum atomic E-state index is 0.0454. The molecular weight excluding hydrogens is 250 g/mol. The number of nitrogens with zero attached hydrogens (tertiary/aromatic N) is 3. The number of hydrogen-bond donors (Lipinski definition) is 0. The maximum Gasteiger partial charge on any atom is 0.262 e. The molecule has 98 valence electrons. The number of rotatable bonds is 1. The number of anilines is 1. The normalized spacial score (nSPS) is 13.7. The van der Waals surface area contributed by atoms with Crippen LogP contribution in [0.3, 0.4) is 0 Å². The lowest BCUT2D eigenvalue weighted by atomic mass is 10.2. The van der Waals surface area contributed by atoms with E-state index < -0.39 is 0 Å². The summed E-state index contributed by atoms with van der Waals surface area (Å²) in [4.78, 5) is 19.3. The highest BCUT2D eigenvalue weighted by Gasteiger charge is 2.22. The second-order valence-electron chi connectivity index (χ2n) is 4.95. The molecule has 1 aromatic heterocycles. The first-order valence-corrected chi connectivity index (χ1v) is 6.61. The van der Waals surface area contributed by atoms with Crippen LogP contribution >= 0.6 is 0 Å². The van der Waals surface area contributed by atoms with Crippen molar-refractivity contribution in [1.29, 1.82) is 0 Å². The number of aromatic nitrogens is 2. The van der Waals surface area contributed by atoms with Crippen LogP contribution in [0.1, 0.15) is 5.82 Å². The highest BCUT2D eigenvalue weighted by molar-refractivity contribution is 5.77. The van der Waals surface area contributed by atoms with Gasteiger partial charge in [0.15, 0.2) is 0 Å². The maximum absolute atomic E-state index is 12.5. The van der Waals surface area contributed by atoms with Crippen molar-refractivity contribution in [2.75, 3.05) is 4.90 Å². The molecule has 4 rings (SSSR count). The van der Waals surface area contributed by atoms with Crippen molar-refractivity contribution in [2.24, 2.45) is 0 Å². The highest BCUT2D eigenvalue weighted by Crippen LogP contribution is 2.22. The van der Waals surface area contributed by atoms with Gasteiger partial charge in [0.2, 0.25) is 0 Å². The number of para-hydroxylation sites is 2. The first-order valence-electron chi connectivity index (χ1n) is 6.61. The van der Waals surface area contributed by atoms with E-state index in [0.717, 1.165) is 17.0 Å². The lowest BCUT2D eigenvalue weighted by molar-refractivity contribution is 0.712. The molecule has 0 saturated heterocycles. The minimum Gasteiger partial charge on any atom is -0.346 e. The van der Waals surface area contributed by atoms with Crippen molar-refractivity contribution in [3.63, 3.8) is 0 Å². The Hall–Kier alpha value is -2.62. The van der Waals surface area contributed by atoms with Gasteiger partial charge in [-0.15, -0.1) is 0 Å². The third kappa shape index (κ3) is 1.61. The largest absolute Gasteiger partial charge is 0.346 e. The molecule has 2 aromatic carbocycles. The zero-order valence-corrected chi connectivity index (χ0v) is 10.9. The first kappa shape index (κ1) is 11.2. The summed E-state index contributed by atoms with van der Waals surface area (Å²) in [5.41, 5.74) is 1.93. The topological polar surface area (TPSA) is 38.1 Å². The minimum absolute atomic E-state index is 0.0454. The molecule has 0 radical (unpaired) electrons. The Morgan fingerprint density at radius 2 is 1.70 bits per heavy atom. The van der Waals surface area contributed by atoms with Crippen molar-refractivity contribution in [3.05, 3.63) is 70.8 Å². The van der Waals surface area contributed by atoms with Gasteiger partial charge in [0, 0.05) is 5.69 Å². The van der Waals surface area contributed by atoms with Crippen molar-refractivity contribution < 1.29 is 0 Å². The predicted octanol–water partition coefficient (Wildman–Crippen LogP) is 2.37. The summed E-state index contributed by atoms with van der Waals surface area (Å²) in [6.45, 7) is 1.24. The molecule has 0 fully saturated rings. The van der Waals surface area contributed by atoms with Gasteiger partial charge in [0.1, 0.15) is 5.82 Å². The van der Waals surface area contributed by atoms with Gasteiger partial charge < -0.3 is 4.90 Å². The Kier molecular flexibility index (Phi) is 2.36. The van der Waals surface area contributed by atoms with Crippen LogP contribution in [0.4, 0.5) is 5.69 Å². The number of fused-ring (bicyclic) bond motifs is 2. The molecule has 0 bridgehead atoms. The Balaban J connectivity index is 1.84. The Bertz CT molecular complexity index is 839. The van der Waals surface area contributed by atoms with E-state index in [-0.39, 0.29) is 5.56 Å². The van der Waals surface area contributed by atoms with E-state index in [9.17, 15) is 4.79 Å². The van der Waals surface area contributed by atoms with Crippen molar-refractivity contribution in [1.82, 2.24) is 9.55 Å². The van der Waals surface area contributed by atoms with Crippen LogP contribution in [0, 0.1) is 0 Å². The van der Waals surface area contributed by atoms with E-state index in [4.69, 9.17) is 0 Å². The van der Waals surface area contributed by atoms with E-state index in [1.807, 2.05) is 42.5 Å². The molecule has 1 aliphatic rings. The molecule has 4 nitrogen and oxygen atoms in total. The van der Waals surface area contributed by atoms with Crippen LogP contribution in [-0.4, -0.2) is 9.55 Å². The van der Waals surface area contributed by atoms with Gasteiger partial charge in [0.25, 0.3) is 5.56 Å². The summed E-state index contributed by atoms with van der Waals surface area (Å²) in [6, 6.07) is 17.6. The molecule has 0 saturated carbocycles. The molecule has 0 aliphatic carbocycles. The summed E-state index contributed by atoms with van der Waals surface area (Å²) in [7, 11) is 0. The second kappa shape index (κ2) is 4.20. The quantitative estimate of drug-likeness (QED) is 0.676. The third-order valence-corrected chi connectivity index (χ3v) is 3.71. The molecule has 2 heterocycles.